The first-order chi connectivity index (χ1) is 12.6. The average Bonchev–Trinajstić information content (AvgIpc) is 2.68. The van der Waals surface area contributed by atoms with Crippen LogP contribution in [0.1, 0.15) is 22.8 Å². The highest BCUT2D eigenvalue weighted by Crippen LogP contribution is 2.21. The molecule has 6 nitrogen and oxygen atoms in total. The predicted molar refractivity (Wildman–Crippen MR) is 99.7 cm³/mol. The highest BCUT2D eigenvalue weighted by molar-refractivity contribution is 6.08. The standard InChI is InChI=1S/C20H17N3O3/c1-13(19(24)23-26)12-14-7-9-16(10-8-14)20(25)22-17-6-2-4-15-5-3-11-21-18(15)17/h2-12,26H,1H3,(H,22,25)(H,23,24)/b13-12-. The summed E-state index contributed by atoms with van der Waals surface area (Å²) in [5.74, 6) is -0.821. The zero-order valence-corrected chi connectivity index (χ0v) is 14.1. The highest BCUT2D eigenvalue weighted by atomic mass is 16.5. The Morgan fingerprint density at radius 1 is 1.04 bits per heavy atom. The van der Waals surface area contributed by atoms with Crippen molar-refractivity contribution in [3.63, 3.8) is 0 Å². The molecule has 0 bridgehead atoms. The molecule has 1 aromatic heterocycles. The number of anilines is 1. The number of pyridine rings is 1. The first-order valence-corrected chi connectivity index (χ1v) is 7.96. The fourth-order valence-electron chi connectivity index (χ4n) is 2.53. The predicted octanol–water partition coefficient (Wildman–Crippen LogP) is 3.40. The number of hydroxylamine groups is 1. The maximum Gasteiger partial charge on any atom is 0.270 e. The fourth-order valence-corrected chi connectivity index (χ4v) is 2.53. The van der Waals surface area contributed by atoms with Crippen LogP contribution in [0.2, 0.25) is 0 Å². The third-order valence-corrected chi connectivity index (χ3v) is 3.90. The second-order valence-electron chi connectivity index (χ2n) is 5.73. The Morgan fingerprint density at radius 2 is 1.77 bits per heavy atom. The summed E-state index contributed by atoms with van der Waals surface area (Å²) in [7, 11) is 0. The van der Waals surface area contributed by atoms with Crippen LogP contribution in [-0.4, -0.2) is 22.0 Å². The van der Waals surface area contributed by atoms with E-state index in [4.69, 9.17) is 5.21 Å². The van der Waals surface area contributed by atoms with Gasteiger partial charge in [-0.15, -0.1) is 0 Å². The first kappa shape index (κ1) is 17.3. The van der Waals surface area contributed by atoms with Gasteiger partial charge in [0.2, 0.25) is 0 Å². The van der Waals surface area contributed by atoms with Crippen LogP contribution in [0.25, 0.3) is 17.0 Å². The van der Waals surface area contributed by atoms with Crippen LogP contribution in [0.15, 0.2) is 66.4 Å². The average molecular weight is 347 g/mol. The molecular weight excluding hydrogens is 330 g/mol. The van der Waals surface area contributed by atoms with Crippen LogP contribution in [0, 0.1) is 0 Å². The van der Waals surface area contributed by atoms with E-state index in [1.54, 1.807) is 55.0 Å². The number of carbonyl (C=O) groups is 2. The quantitative estimate of drug-likeness (QED) is 0.383. The summed E-state index contributed by atoms with van der Waals surface area (Å²) in [4.78, 5) is 28.1. The number of rotatable bonds is 4. The van der Waals surface area contributed by atoms with Gasteiger partial charge in [-0.2, -0.15) is 0 Å². The maximum atomic E-state index is 12.5. The van der Waals surface area contributed by atoms with E-state index in [9.17, 15) is 9.59 Å². The van der Waals surface area contributed by atoms with E-state index in [2.05, 4.69) is 10.3 Å². The topological polar surface area (TPSA) is 91.3 Å². The van der Waals surface area contributed by atoms with Crippen molar-refractivity contribution in [1.82, 2.24) is 10.5 Å². The van der Waals surface area contributed by atoms with Crippen molar-refractivity contribution in [2.24, 2.45) is 0 Å². The van der Waals surface area contributed by atoms with Gasteiger partial charge in [-0.25, -0.2) is 5.48 Å². The molecule has 0 radical (unpaired) electrons. The van der Waals surface area contributed by atoms with Crippen LogP contribution in [0.3, 0.4) is 0 Å². The summed E-state index contributed by atoms with van der Waals surface area (Å²) >= 11 is 0. The number of hydrogen-bond acceptors (Lipinski definition) is 4. The number of hydrogen-bond donors (Lipinski definition) is 3. The second-order valence-corrected chi connectivity index (χ2v) is 5.73. The molecular formula is C20H17N3O3. The molecule has 3 N–H and O–H groups in total. The molecule has 6 heteroatoms. The molecule has 2 aromatic carbocycles. The lowest BCUT2D eigenvalue weighted by Gasteiger charge is -2.08. The van der Waals surface area contributed by atoms with Crippen LogP contribution in [-0.2, 0) is 4.79 Å². The van der Waals surface area contributed by atoms with Crippen molar-refractivity contribution in [2.75, 3.05) is 5.32 Å². The van der Waals surface area contributed by atoms with E-state index in [-0.39, 0.29) is 5.91 Å². The summed E-state index contributed by atoms with van der Waals surface area (Å²) in [5.41, 5.74) is 4.54. The van der Waals surface area contributed by atoms with Gasteiger partial charge < -0.3 is 5.32 Å². The minimum absolute atomic E-state index is 0.247. The van der Waals surface area contributed by atoms with Gasteiger partial charge in [-0.1, -0.05) is 30.3 Å². The lowest BCUT2D eigenvalue weighted by atomic mass is 10.1. The number of fused-ring (bicyclic) bond motifs is 1. The monoisotopic (exact) mass is 347 g/mol. The number of nitrogens with one attached hydrogen (secondary N) is 2. The summed E-state index contributed by atoms with van der Waals surface area (Å²) < 4.78 is 0. The zero-order chi connectivity index (χ0) is 18.5. The number of nitrogens with zero attached hydrogens (tertiary/aromatic N) is 1. The number of benzene rings is 2. The Bertz CT molecular complexity index is 989. The third kappa shape index (κ3) is 3.76. The van der Waals surface area contributed by atoms with E-state index < -0.39 is 5.91 Å². The van der Waals surface area contributed by atoms with Gasteiger partial charge in [0, 0.05) is 22.7 Å². The molecule has 1 heterocycles. The highest BCUT2D eigenvalue weighted by Gasteiger charge is 2.09. The molecule has 0 unspecified atom stereocenters. The lowest BCUT2D eigenvalue weighted by molar-refractivity contribution is -0.125. The third-order valence-electron chi connectivity index (χ3n) is 3.90. The molecule has 0 saturated carbocycles. The zero-order valence-electron chi connectivity index (χ0n) is 14.1. The molecule has 26 heavy (non-hydrogen) atoms. The summed E-state index contributed by atoms with van der Waals surface area (Å²) in [6.07, 6.45) is 3.30. The molecule has 0 aliphatic carbocycles. The molecule has 130 valence electrons. The van der Waals surface area contributed by atoms with E-state index in [1.807, 2.05) is 24.3 Å². The molecule has 0 spiro atoms. The Hall–Kier alpha value is -3.51. The lowest BCUT2D eigenvalue weighted by Crippen LogP contribution is -2.19. The van der Waals surface area contributed by atoms with Gasteiger partial charge in [-0.3, -0.25) is 19.8 Å². The SMILES string of the molecule is C/C(=C/c1ccc(C(=O)Nc2cccc3cccnc23)cc1)C(=O)NO. The van der Waals surface area contributed by atoms with Gasteiger partial charge in [0.15, 0.2) is 0 Å². The second kappa shape index (κ2) is 7.58. The minimum atomic E-state index is -0.574. The van der Waals surface area contributed by atoms with Gasteiger partial charge in [0.25, 0.3) is 11.8 Å². The van der Waals surface area contributed by atoms with Gasteiger partial charge >= 0.3 is 0 Å². The van der Waals surface area contributed by atoms with E-state index in [1.165, 1.54) is 0 Å². The Labute approximate surface area is 150 Å². The van der Waals surface area contributed by atoms with E-state index in [0.29, 0.717) is 16.8 Å². The smallest absolute Gasteiger partial charge is 0.270 e. The van der Waals surface area contributed by atoms with Crippen molar-refractivity contribution in [3.05, 3.63) is 77.5 Å². The van der Waals surface area contributed by atoms with Crippen molar-refractivity contribution in [3.8, 4) is 0 Å². The minimum Gasteiger partial charge on any atom is -0.320 e. The van der Waals surface area contributed by atoms with Crippen LogP contribution in [0.5, 0.6) is 0 Å². The molecule has 0 atom stereocenters. The number of carbonyl (C=O) groups excluding carboxylic acids is 2. The first-order valence-electron chi connectivity index (χ1n) is 7.96. The molecule has 0 saturated heterocycles. The van der Waals surface area contributed by atoms with Gasteiger partial charge in [0.1, 0.15) is 0 Å². The van der Waals surface area contributed by atoms with Crippen LogP contribution in [0.4, 0.5) is 5.69 Å². The number of para-hydroxylation sites is 1. The number of amides is 2. The fraction of sp³-hybridized carbons (Fsp3) is 0.0500. The molecule has 0 fully saturated rings. The van der Waals surface area contributed by atoms with Crippen LogP contribution < -0.4 is 10.8 Å². The van der Waals surface area contributed by atoms with E-state index >= 15 is 0 Å². The molecule has 3 aromatic rings. The van der Waals surface area contributed by atoms with Crippen molar-refractivity contribution in [1.29, 1.82) is 0 Å². The van der Waals surface area contributed by atoms with E-state index in [0.717, 1.165) is 16.5 Å². The Kier molecular flexibility index (Phi) is 5.05. The van der Waals surface area contributed by atoms with Crippen LogP contribution >= 0.6 is 0 Å². The number of aromatic nitrogens is 1. The Balaban J connectivity index is 1.79. The molecule has 0 aliphatic rings. The Morgan fingerprint density at radius 3 is 2.50 bits per heavy atom. The van der Waals surface area contributed by atoms with Gasteiger partial charge in [0.05, 0.1) is 11.2 Å². The van der Waals surface area contributed by atoms with Crippen molar-refractivity contribution < 1.29 is 14.8 Å². The maximum absolute atomic E-state index is 12.5. The molecule has 0 aliphatic heterocycles. The summed E-state index contributed by atoms with van der Waals surface area (Å²) in [6.45, 7) is 1.58. The molecule has 2 amide bonds. The molecule has 3 rings (SSSR count). The van der Waals surface area contributed by atoms with Crippen molar-refractivity contribution >= 4 is 34.5 Å². The largest absolute Gasteiger partial charge is 0.320 e. The van der Waals surface area contributed by atoms with Gasteiger partial charge in [-0.05, 0) is 42.8 Å². The van der Waals surface area contributed by atoms with Crippen molar-refractivity contribution in [2.45, 2.75) is 6.92 Å². The summed E-state index contributed by atoms with van der Waals surface area (Å²) in [5, 5.41) is 12.4. The normalized spacial score (nSPS) is 11.2. The summed E-state index contributed by atoms with van der Waals surface area (Å²) in [6, 6.07) is 16.2.